The number of nitrogen functional groups attached to an aromatic ring is 1. The molecule has 4 aromatic heterocycles. The van der Waals surface area contributed by atoms with Crippen LogP contribution in [-0.2, 0) is 64.9 Å². The van der Waals surface area contributed by atoms with E-state index in [4.69, 9.17) is 52.4 Å². The van der Waals surface area contributed by atoms with E-state index >= 15 is 4.79 Å². The van der Waals surface area contributed by atoms with Crippen molar-refractivity contribution >= 4 is 86.7 Å². The van der Waals surface area contributed by atoms with Gasteiger partial charge in [-0.1, -0.05) is 6.92 Å². The fraction of sp³-hybridized carbons (Fsp3) is 0.611. The molecule has 2 fully saturated rings. The molecule has 96 heavy (non-hydrogen) atoms. The van der Waals surface area contributed by atoms with Crippen molar-refractivity contribution in [2.24, 2.45) is 28.9 Å². The van der Waals surface area contributed by atoms with Gasteiger partial charge in [0.15, 0.2) is 18.7 Å². The minimum absolute atomic E-state index is 0.0272. The van der Waals surface area contributed by atoms with Crippen LogP contribution in [0.25, 0.3) is 10.7 Å². The highest BCUT2D eigenvalue weighted by Crippen LogP contribution is 2.35. The zero-order chi connectivity index (χ0) is 71.0. The van der Waals surface area contributed by atoms with Crippen LogP contribution in [-0.4, -0.2) is 265 Å². The number of ether oxygens (including phenoxy) is 5. The Bertz CT molecular complexity index is 3330. The molecule has 0 bridgehead atoms. The summed E-state index contributed by atoms with van der Waals surface area (Å²) in [5.41, 5.74) is 27.9. The van der Waals surface area contributed by atoms with Gasteiger partial charge in [-0.15, -0.1) is 22.7 Å². The molecular formula is C54H81N17O22S3. The van der Waals surface area contributed by atoms with E-state index < -0.39 is 199 Å². The number of aromatic nitrogens is 6. The maximum Gasteiger partial charge on any atom is 0.404 e. The van der Waals surface area contributed by atoms with Crippen LogP contribution in [0.15, 0.2) is 23.3 Å². The summed E-state index contributed by atoms with van der Waals surface area (Å²) in [4.78, 5) is 130. The number of nitrogens with two attached hydrogens (primary N) is 5. The van der Waals surface area contributed by atoms with E-state index in [9.17, 15) is 78.6 Å². The normalized spacial score (nSPS) is 24.3. The molecule has 6 heterocycles. The predicted molar refractivity (Wildman–Crippen MR) is 334 cm³/mol. The zero-order valence-electron chi connectivity index (χ0n) is 52.3. The summed E-state index contributed by atoms with van der Waals surface area (Å²) in [6, 6.07) is -7.89. The Labute approximate surface area is 557 Å². The number of nitrogens with zero attached hydrogens (tertiary/aromatic N) is 5. The number of hydrogen-bond donors (Lipinski definition) is 20. The first-order valence-electron chi connectivity index (χ1n) is 29.6. The summed E-state index contributed by atoms with van der Waals surface area (Å²) in [5, 5.41) is 108. The minimum atomic E-state index is -2.20. The van der Waals surface area contributed by atoms with Crippen molar-refractivity contribution in [1.82, 2.24) is 61.8 Å². The van der Waals surface area contributed by atoms with Crippen LogP contribution in [0.4, 0.5) is 10.6 Å². The van der Waals surface area contributed by atoms with Crippen molar-refractivity contribution in [3.05, 3.63) is 56.8 Å². The average molecular weight is 1420 g/mol. The highest BCUT2D eigenvalue weighted by molar-refractivity contribution is 7.84. The lowest BCUT2D eigenvalue weighted by Crippen LogP contribution is -2.65. The number of amides is 8. The Morgan fingerprint density at radius 1 is 0.792 bits per heavy atom. The van der Waals surface area contributed by atoms with Gasteiger partial charge in [0.25, 0.3) is 11.8 Å². The Morgan fingerprint density at radius 3 is 2.10 bits per heavy atom. The first kappa shape index (κ1) is 77.5. The Balaban J connectivity index is 1.26. The minimum Gasteiger partial charge on any atom is -0.441 e. The molecule has 8 amide bonds. The highest BCUT2D eigenvalue weighted by atomic mass is 32.2. The van der Waals surface area contributed by atoms with Gasteiger partial charge in [-0.3, -0.25) is 37.8 Å². The summed E-state index contributed by atoms with van der Waals surface area (Å²) < 4.78 is 40.0. The third kappa shape index (κ3) is 20.5. The van der Waals surface area contributed by atoms with Gasteiger partial charge in [0, 0.05) is 71.6 Å². The van der Waals surface area contributed by atoms with E-state index in [1.807, 2.05) is 0 Å². The third-order valence-electron chi connectivity index (χ3n) is 15.2. The Morgan fingerprint density at radius 2 is 1.48 bits per heavy atom. The van der Waals surface area contributed by atoms with Crippen LogP contribution >= 0.6 is 22.7 Å². The quantitative estimate of drug-likeness (QED) is 0.0190. The van der Waals surface area contributed by atoms with Crippen LogP contribution in [0.5, 0.6) is 0 Å². The van der Waals surface area contributed by atoms with Crippen molar-refractivity contribution in [3.63, 3.8) is 0 Å². The van der Waals surface area contributed by atoms with Crippen LogP contribution < -0.4 is 60.6 Å². The number of thiazole rings is 2. The van der Waals surface area contributed by atoms with Crippen molar-refractivity contribution in [1.29, 1.82) is 0 Å². The van der Waals surface area contributed by atoms with Crippen molar-refractivity contribution in [3.8, 4) is 10.7 Å². The van der Waals surface area contributed by atoms with Crippen LogP contribution in [0.3, 0.4) is 0 Å². The van der Waals surface area contributed by atoms with Gasteiger partial charge >= 0.3 is 6.09 Å². The smallest absolute Gasteiger partial charge is 0.404 e. The molecule has 2 aliphatic rings. The number of hydrogen-bond acceptors (Lipinski definition) is 32. The first-order chi connectivity index (χ1) is 45.3. The molecule has 0 spiro atoms. The largest absolute Gasteiger partial charge is 0.441 e. The van der Waals surface area contributed by atoms with E-state index in [1.54, 1.807) is 17.0 Å². The number of aliphatic hydroxyl groups is 8. The molecule has 2 saturated heterocycles. The second kappa shape index (κ2) is 35.7. The molecule has 2 aliphatic heterocycles. The number of nitrogens with one attached hydrogen (secondary N) is 7. The number of aliphatic hydroxyl groups excluding tert-OH is 8. The number of carbonyl (C=O) groups excluding carboxylic acids is 8. The number of carbonyl (C=O) groups is 8. The van der Waals surface area contributed by atoms with Crippen LogP contribution in [0.2, 0.25) is 0 Å². The lowest BCUT2D eigenvalue weighted by Gasteiger charge is -2.47. The fourth-order valence-electron chi connectivity index (χ4n) is 9.71. The molecule has 0 saturated carbocycles. The molecule has 0 aliphatic carbocycles. The maximum absolute atomic E-state index is 15.2. The monoisotopic (exact) mass is 1420 g/mol. The third-order valence-corrected chi connectivity index (χ3v) is 17.8. The van der Waals surface area contributed by atoms with Gasteiger partial charge in [-0.2, -0.15) is 0 Å². The molecule has 25 N–H and O–H groups in total. The fourth-order valence-corrected chi connectivity index (χ4v) is 11.9. The molecule has 20 atom stereocenters. The standard InChI is InChI=1S/C54H81N17O22S3/c1-19-32(68-45(71-43(19)57)24(11-30(56)75)63-12-23(55)44(58)81)49(85)70-34(40(25-13-60-18-64-25)91-53-42(38(79)36(77)28(14-72)90-53)92-52-39(80)41(93-54(59)87)37(78)29(15-73)89-52)50(86)65-21(3)35(76)20(2)46(82)69-33(22(4)74)48(84)62-9-7-31-66-27(17-94-31)51-67-26(16-95-51)47(83)61-8-6-10-96(5)88/h13,16-18,20-24,28-29,33-42,52-53,63,72-74,76-80H,6-12,14-15,55H2,1-5H3,(H2,56,75)(H2,58,81)(H2,59,87)(H,60,64)(H,61,83)(H,62,84)(H,65,86)(H,69,82)(H,70,85)(H2,57,68,71)/t20-,21+,22+,23-,24-,28?,29?,33-,34-,35-,36?,37?,38?,39?,40-,41?,42?,52?,53?,96?/m0/s1. The number of aromatic amines is 1. The predicted octanol–water partition coefficient (Wildman–Crippen LogP) is -8.20. The summed E-state index contributed by atoms with van der Waals surface area (Å²) >= 11 is 2.44. The van der Waals surface area contributed by atoms with Crippen molar-refractivity contribution in [2.75, 3.05) is 50.6 Å². The molecule has 11 unspecified atom stereocenters. The van der Waals surface area contributed by atoms with Gasteiger partial charge in [-0.05, 0) is 27.2 Å². The van der Waals surface area contributed by atoms with Gasteiger partial charge in [0.05, 0.1) is 72.7 Å². The van der Waals surface area contributed by atoms with Gasteiger partial charge in [-0.25, -0.2) is 29.7 Å². The Kier molecular flexibility index (Phi) is 28.8. The summed E-state index contributed by atoms with van der Waals surface area (Å²) in [7, 11) is -0.996. The van der Waals surface area contributed by atoms with E-state index in [0.717, 1.165) is 12.5 Å². The second-order valence-electron chi connectivity index (χ2n) is 22.4. The van der Waals surface area contributed by atoms with E-state index in [2.05, 4.69) is 61.8 Å². The molecule has 532 valence electrons. The highest BCUT2D eigenvalue weighted by Gasteiger charge is 2.54. The molecule has 6 rings (SSSR count). The van der Waals surface area contributed by atoms with Crippen LogP contribution in [0, 0.1) is 12.8 Å². The molecule has 0 aromatic carbocycles. The topological polar surface area (TPSA) is 644 Å². The summed E-state index contributed by atoms with van der Waals surface area (Å²) in [6.45, 7) is 2.90. The SMILES string of the molecule is Cc1c(N)nc([C@H](CC(N)=O)NC[C@H](N)C(N)=O)nc1C(=O)N[C@H](C(=O)N[C@H](C)[C@@H](O)[C@H](C)C(=O)N[C@H](C(=O)NCCc1nc(-c2nc(C(=O)NCCCS(C)=O)cs2)cs1)[C@@H](C)O)[C@@H](OC1OC(CO)C(O)C(O)C1OC1OC(CO)C(O)C(OC(N)=O)C1O)c1cnc[nH]1. The summed E-state index contributed by atoms with van der Waals surface area (Å²) in [5.74, 6) is -8.42. The van der Waals surface area contributed by atoms with Crippen molar-refractivity contribution < 1.29 is 107 Å². The van der Waals surface area contributed by atoms with E-state index in [1.165, 1.54) is 50.4 Å². The molecular weight excluding hydrogens is 1330 g/mol. The van der Waals surface area contributed by atoms with E-state index in [0.29, 0.717) is 34.4 Å². The molecule has 42 heteroatoms. The lowest BCUT2D eigenvalue weighted by atomic mass is 9.96. The second-order valence-corrected chi connectivity index (χ2v) is 25.8. The van der Waals surface area contributed by atoms with Crippen LogP contribution in [0.1, 0.15) is 88.8 Å². The first-order valence-corrected chi connectivity index (χ1v) is 33.1. The van der Waals surface area contributed by atoms with Crippen molar-refractivity contribution in [2.45, 2.75) is 157 Å². The molecule has 0 radical (unpaired) electrons. The van der Waals surface area contributed by atoms with E-state index in [-0.39, 0.29) is 48.1 Å². The number of H-pyrrole nitrogens is 1. The number of primary amides is 3. The maximum atomic E-state index is 15.2. The van der Waals surface area contributed by atoms with Gasteiger partial charge in [0.1, 0.15) is 94.6 Å². The molecule has 39 nitrogen and oxygen atoms in total. The lowest BCUT2D eigenvalue weighted by molar-refractivity contribution is -0.372. The molecule has 4 aromatic rings. The zero-order valence-corrected chi connectivity index (χ0v) is 54.7. The number of anilines is 1. The van der Waals surface area contributed by atoms with Gasteiger partial charge in [0.2, 0.25) is 29.5 Å². The summed E-state index contributed by atoms with van der Waals surface area (Å²) in [6.07, 6.45) is -23.1. The number of imidazole rings is 1. The number of rotatable bonds is 35. The van der Waals surface area contributed by atoms with Gasteiger partial charge < -0.3 is 130 Å². The average Bonchev–Trinajstić information content (AvgIpc) is 0.885. The Hall–Kier alpha value is -7.50.